The first-order valence-corrected chi connectivity index (χ1v) is 10.7. The summed E-state index contributed by atoms with van der Waals surface area (Å²) in [6, 6.07) is 7.99. The van der Waals surface area contributed by atoms with Gasteiger partial charge in [-0.15, -0.1) is 0 Å². The number of primary amides is 1. The topological polar surface area (TPSA) is 52.3 Å². The molecule has 1 aromatic carbocycles. The molecule has 0 aliphatic heterocycles. The molecule has 0 fully saturated rings. The number of unbranched alkanes of at least 4 members (excludes halogenated alkanes) is 12. The predicted molar refractivity (Wildman–Crippen MR) is 111 cm³/mol. The van der Waals surface area contributed by atoms with Gasteiger partial charge in [0.15, 0.2) is 6.61 Å². The van der Waals surface area contributed by atoms with Crippen LogP contribution in [0.4, 0.5) is 0 Å². The molecule has 0 spiro atoms. The lowest BCUT2D eigenvalue weighted by Crippen LogP contribution is -2.20. The van der Waals surface area contributed by atoms with Gasteiger partial charge in [-0.25, -0.2) is 0 Å². The number of carbonyl (C=O) groups is 1. The number of ether oxygens (including phenoxy) is 1. The second-order valence-electron chi connectivity index (χ2n) is 7.40. The third-order valence-electron chi connectivity index (χ3n) is 4.85. The van der Waals surface area contributed by atoms with Crippen LogP contribution in [0.5, 0.6) is 5.75 Å². The highest BCUT2D eigenvalue weighted by molar-refractivity contribution is 5.75. The number of hydrogen-bond donors (Lipinski definition) is 1. The Morgan fingerprint density at radius 1 is 0.846 bits per heavy atom. The maximum Gasteiger partial charge on any atom is 0.255 e. The standard InChI is InChI=1S/C23H39NO2/c1-2-3-4-5-6-7-8-9-10-11-12-13-14-16-21-17-15-18-22(19-21)26-20-23(24)25/h15,17-19H,2-14,16,20H2,1H3,(H2,24,25). The fourth-order valence-electron chi connectivity index (χ4n) is 3.29. The van der Waals surface area contributed by atoms with Crippen LogP contribution in [0.2, 0.25) is 0 Å². The second-order valence-corrected chi connectivity index (χ2v) is 7.40. The molecule has 1 aromatic rings. The molecule has 0 aliphatic carbocycles. The Balaban J connectivity index is 1.94. The third kappa shape index (κ3) is 12.8. The molecule has 0 radical (unpaired) electrons. The summed E-state index contributed by atoms with van der Waals surface area (Å²) in [5.41, 5.74) is 6.38. The van der Waals surface area contributed by atoms with Crippen LogP contribution < -0.4 is 10.5 Å². The minimum absolute atomic E-state index is 0.0534. The lowest BCUT2D eigenvalue weighted by molar-refractivity contribution is -0.119. The van der Waals surface area contributed by atoms with E-state index < -0.39 is 5.91 Å². The second kappa shape index (κ2) is 15.7. The van der Waals surface area contributed by atoms with Crippen LogP contribution in [0.15, 0.2) is 24.3 Å². The van der Waals surface area contributed by atoms with Crippen molar-refractivity contribution in [3.8, 4) is 5.75 Å². The van der Waals surface area contributed by atoms with Crippen molar-refractivity contribution < 1.29 is 9.53 Å². The van der Waals surface area contributed by atoms with Crippen molar-refractivity contribution in [2.75, 3.05) is 6.61 Å². The SMILES string of the molecule is CCCCCCCCCCCCCCCc1cccc(OCC(N)=O)c1. The van der Waals surface area contributed by atoms with Gasteiger partial charge in [0, 0.05) is 0 Å². The highest BCUT2D eigenvalue weighted by atomic mass is 16.5. The van der Waals surface area contributed by atoms with E-state index in [4.69, 9.17) is 10.5 Å². The van der Waals surface area contributed by atoms with E-state index in [1.807, 2.05) is 18.2 Å². The fraction of sp³-hybridized carbons (Fsp3) is 0.696. The average Bonchev–Trinajstić information content (AvgIpc) is 2.64. The van der Waals surface area contributed by atoms with Crippen molar-refractivity contribution in [2.24, 2.45) is 5.73 Å². The van der Waals surface area contributed by atoms with Crippen molar-refractivity contribution in [2.45, 2.75) is 96.8 Å². The van der Waals surface area contributed by atoms with E-state index in [1.165, 1.54) is 89.0 Å². The summed E-state index contributed by atoms with van der Waals surface area (Å²) in [5.74, 6) is 0.294. The zero-order valence-corrected chi connectivity index (χ0v) is 16.8. The van der Waals surface area contributed by atoms with Crippen LogP contribution in [0.1, 0.15) is 96.0 Å². The normalized spacial score (nSPS) is 10.8. The summed E-state index contributed by atoms with van der Waals surface area (Å²) in [5, 5.41) is 0. The largest absolute Gasteiger partial charge is 0.484 e. The molecule has 0 aliphatic rings. The quantitative estimate of drug-likeness (QED) is 0.337. The van der Waals surface area contributed by atoms with Crippen LogP contribution in [0.3, 0.4) is 0 Å². The molecule has 0 saturated heterocycles. The molecule has 0 bridgehead atoms. The summed E-state index contributed by atoms with van der Waals surface area (Å²) in [4.78, 5) is 10.8. The number of amides is 1. The van der Waals surface area contributed by atoms with Crippen LogP contribution in [0, 0.1) is 0 Å². The molecule has 0 aromatic heterocycles. The molecule has 1 amide bonds. The van der Waals surface area contributed by atoms with Gasteiger partial charge in [-0.1, -0.05) is 96.1 Å². The molecule has 0 atom stereocenters. The molecule has 0 heterocycles. The van der Waals surface area contributed by atoms with E-state index >= 15 is 0 Å². The first kappa shape index (κ1) is 22.5. The minimum atomic E-state index is -0.438. The molecule has 0 unspecified atom stereocenters. The maximum absolute atomic E-state index is 10.8. The number of aryl methyl sites for hydroxylation is 1. The molecule has 26 heavy (non-hydrogen) atoms. The molecule has 148 valence electrons. The van der Waals surface area contributed by atoms with Gasteiger partial charge in [0.2, 0.25) is 0 Å². The lowest BCUT2D eigenvalue weighted by atomic mass is 10.0. The van der Waals surface area contributed by atoms with E-state index in [1.54, 1.807) is 0 Å². The molecule has 2 N–H and O–H groups in total. The number of rotatable bonds is 17. The average molecular weight is 362 g/mol. The highest BCUT2D eigenvalue weighted by Gasteiger charge is 2.00. The summed E-state index contributed by atoms with van der Waals surface area (Å²) in [7, 11) is 0. The Hall–Kier alpha value is -1.51. The van der Waals surface area contributed by atoms with Gasteiger partial charge in [-0.2, -0.15) is 0 Å². The van der Waals surface area contributed by atoms with E-state index in [9.17, 15) is 4.79 Å². The van der Waals surface area contributed by atoms with Crippen LogP contribution in [-0.2, 0) is 11.2 Å². The molecule has 3 heteroatoms. The van der Waals surface area contributed by atoms with E-state index in [2.05, 4.69) is 13.0 Å². The number of benzene rings is 1. The van der Waals surface area contributed by atoms with E-state index in [0.29, 0.717) is 0 Å². The van der Waals surface area contributed by atoms with Gasteiger partial charge in [0.1, 0.15) is 5.75 Å². The van der Waals surface area contributed by atoms with Crippen molar-refractivity contribution in [3.05, 3.63) is 29.8 Å². The Kier molecular flexibility index (Phi) is 13.6. The first-order chi connectivity index (χ1) is 12.7. The Morgan fingerprint density at radius 2 is 1.38 bits per heavy atom. The maximum atomic E-state index is 10.8. The minimum Gasteiger partial charge on any atom is -0.484 e. The zero-order valence-electron chi connectivity index (χ0n) is 16.8. The number of hydrogen-bond acceptors (Lipinski definition) is 2. The third-order valence-corrected chi connectivity index (χ3v) is 4.85. The summed E-state index contributed by atoms with van der Waals surface area (Å²) < 4.78 is 5.35. The van der Waals surface area contributed by atoms with E-state index in [-0.39, 0.29) is 6.61 Å². The Bertz CT molecular complexity index is 473. The van der Waals surface area contributed by atoms with E-state index in [0.717, 1.165) is 12.2 Å². The van der Waals surface area contributed by atoms with Gasteiger partial charge in [0.25, 0.3) is 5.91 Å². The molecular formula is C23H39NO2. The number of nitrogens with two attached hydrogens (primary N) is 1. The molecule has 3 nitrogen and oxygen atoms in total. The Morgan fingerprint density at radius 3 is 1.92 bits per heavy atom. The monoisotopic (exact) mass is 361 g/mol. The van der Waals surface area contributed by atoms with Gasteiger partial charge in [0.05, 0.1) is 0 Å². The summed E-state index contributed by atoms with van der Waals surface area (Å²) in [6.07, 6.45) is 19.0. The highest BCUT2D eigenvalue weighted by Crippen LogP contribution is 2.17. The smallest absolute Gasteiger partial charge is 0.255 e. The number of carbonyl (C=O) groups excluding carboxylic acids is 1. The van der Waals surface area contributed by atoms with Crippen LogP contribution in [-0.4, -0.2) is 12.5 Å². The van der Waals surface area contributed by atoms with Crippen molar-refractivity contribution >= 4 is 5.91 Å². The summed E-state index contributed by atoms with van der Waals surface area (Å²) >= 11 is 0. The van der Waals surface area contributed by atoms with Gasteiger partial charge in [-0.05, 0) is 30.5 Å². The first-order valence-electron chi connectivity index (χ1n) is 10.7. The predicted octanol–water partition coefficient (Wildman–Crippen LogP) is 6.18. The van der Waals surface area contributed by atoms with Crippen molar-refractivity contribution in [3.63, 3.8) is 0 Å². The zero-order chi connectivity index (χ0) is 18.9. The summed E-state index contributed by atoms with van der Waals surface area (Å²) in [6.45, 7) is 2.22. The Labute approximate surface area is 160 Å². The van der Waals surface area contributed by atoms with Crippen molar-refractivity contribution in [1.82, 2.24) is 0 Å². The molecular weight excluding hydrogens is 322 g/mol. The van der Waals surface area contributed by atoms with Crippen molar-refractivity contribution in [1.29, 1.82) is 0 Å². The molecule has 1 rings (SSSR count). The fourth-order valence-corrected chi connectivity index (χ4v) is 3.29. The van der Waals surface area contributed by atoms with Crippen LogP contribution in [0.25, 0.3) is 0 Å². The van der Waals surface area contributed by atoms with Crippen LogP contribution >= 0.6 is 0 Å². The van der Waals surface area contributed by atoms with Gasteiger partial charge < -0.3 is 10.5 Å². The van der Waals surface area contributed by atoms with Gasteiger partial charge >= 0.3 is 0 Å². The molecule has 0 saturated carbocycles. The lowest BCUT2D eigenvalue weighted by Gasteiger charge is -2.07. The van der Waals surface area contributed by atoms with Gasteiger partial charge in [-0.3, -0.25) is 4.79 Å².